The molecular formula is C26H32O6. The summed E-state index contributed by atoms with van der Waals surface area (Å²) in [4.78, 5) is 24.4. The van der Waals surface area contributed by atoms with Crippen LogP contribution in [0.5, 0.6) is 17.2 Å². The number of aliphatic carboxylic acids is 1. The highest BCUT2D eigenvalue weighted by Crippen LogP contribution is 2.48. The van der Waals surface area contributed by atoms with Crippen molar-refractivity contribution in [3.63, 3.8) is 0 Å². The average Bonchev–Trinajstić information content (AvgIpc) is 3.16. The number of hydrogen-bond acceptors (Lipinski definition) is 5. The molecule has 0 aromatic heterocycles. The van der Waals surface area contributed by atoms with Gasteiger partial charge in [0.25, 0.3) is 0 Å². The van der Waals surface area contributed by atoms with E-state index in [4.69, 9.17) is 14.2 Å². The molecule has 0 radical (unpaired) electrons. The van der Waals surface area contributed by atoms with Crippen molar-refractivity contribution in [3.8, 4) is 28.4 Å². The number of carboxylic acid groups (broad SMARTS) is 1. The lowest BCUT2D eigenvalue weighted by Crippen LogP contribution is -2.41. The van der Waals surface area contributed by atoms with Crippen LogP contribution in [0.1, 0.15) is 62.4 Å². The maximum absolute atomic E-state index is 12.3. The van der Waals surface area contributed by atoms with Crippen molar-refractivity contribution in [1.29, 1.82) is 0 Å². The highest BCUT2D eigenvalue weighted by molar-refractivity contribution is 6.02. The minimum absolute atomic E-state index is 0.137. The maximum Gasteiger partial charge on any atom is 0.312 e. The first-order valence-corrected chi connectivity index (χ1v) is 11.1. The third-order valence-corrected chi connectivity index (χ3v) is 6.30. The van der Waals surface area contributed by atoms with Crippen molar-refractivity contribution in [1.82, 2.24) is 0 Å². The molecule has 1 unspecified atom stereocenters. The van der Waals surface area contributed by atoms with Gasteiger partial charge in [0.15, 0.2) is 17.3 Å². The molecule has 1 aliphatic carbocycles. The molecule has 0 saturated heterocycles. The number of carboxylic acids is 1. The lowest BCUT2D eigenvalue weighted by molar-refractivity contribution is -0.152. The second-order valence-corrected chi connectivity index (χ2v) is 8.71. The Morgan fingerprint density at radius 1 is 1.03 bits per heavy atom. The molecule has 3 rings (SSSR count). The quantitative estimate of drug-likeness (QED) is 0.522. The van der Waals surface area contributed by atoms with Crippen molar-refractivity contribution < 1.29 is 28.9 Å². The molecule has 2 aromatic rings. The molecule has 0 spiro atoms. The SMILES string of the molecule is CCCCC(Oc1c(-c2cccc3c2CCC3=O)ccc(OC)c1OC)C(C)(C)C(=O)O. The molecule has 0 aliphatic heterocycles. The van der Waals surface area contributed by atoms with Crippen molar-refractivity contribution in [2.45, 2.75) is 59.0 Å². The largest absolute Gasteiger partial charge is 0.493 e. The average molecular weight is 441 g/mol. The molecule has 172 valence electrons. The molecule has 1 N–H and O–H groups in total. The zero-order chi connectivity index (χ0) is 23.5. The van der Waals surface area contributed by atoms with Gasteiger partial charge in [0, 0.05) is 17.5 Å². The number of unbranched alkanes of at least 4 members (excludes halogenated alkanes) is 1. The first-order valence-electron chi connectivity index (χ1n) is 11.1. The second-order valence-electron chi connectivity index (χ2n) is 8.71. The van der Waals surface area contributed by atoms with Crippen LogP contribution in [0.25, 0.3) is 11.1 Å². The molecule has 2 aromatic carbocycles. The summed E-state index contributed by atoms with van der Waals surface area (Å²) in [5, 5.41) is 9.89. The smallest absolute Gasteiger partial charge is 0.312 e. The van der Waals surface area contributed by atoms with Crippen LogP contribution in [0.3, 0.4) is 0 Å². The van der Waals surface area contributed by atoms with E-state index in [2.05, 4.69) is 6.92 Å². The Morgan fingerprint density at radius 2 is 1.75 bits per heavy atom. The summed E-state index contributed by atoms with van der Waals surface area (Å²) < 4.78 is 17.7. The van der Waals surface area contributed by atoms with Gasteiger partial charge in [0.2, 0.25) is 5.75 Å². The number of ether oxygens (including phenoxy) is 3. The Morgan fingerprint density at radius 3 is 2.38 bits per heavy atom. The van der Waals surface area contributed by atoms with Crippen molar-refractivity contribution in [3.05, 3.63) is 41.5 Å². The van der Waals surface area contributed by atoms with E-state index in [9.17, 15) is 14.7 Å². The zero-order valence-corrected chi connectivity index (χ0v) is 19.5. The molecule has 0 fully saturated rings. The summed E-state index contributed by atoms with van der Waals surface area (Å²) in [6.45, 7) is 5.42. The number of hydrogen-bond donors (Lipinski definition) is 1. The predicted molar refractivity (Wildman–Crippen MR) is 123 cm³/mol. The van der Waals surface area contributed by atoms with Gasteiger partial charge in [-0.25, -0.2) is 0 Å². The lowest BCUT2D eigenvalue weighted by Gasteiger charge is -2.32. The molecule has 0 bridgehead atoms. The number of methoxy groups -OCH3 is 2. The minimum atomic E-state index is -1.12. The summed E-state index contributed by atoms with van der Waals surface area (Å²) in [6, 6.07) is 9.38. The van der Waals surface area contributed by atoms with Gasteiger partial charge < -0.3 is 19.3 Å². The summed E-state index contributed by atoms with van der Waals surface area (Å²) >= 11 is 0. The molecule has 6 nitrogen and oxygen atoms in total. The fraction of sp³-hybridized carbons (Fsp3) is 0.462. The van der Waals surface area contributed by atoms with Crippen molar-refractivity contribution >= 4 is 11.8 Å². The van der Waals surface area contributed by atoms with Crippen LogP contribution in [0.4, 0.5) is 0 Å². The molecule has 0 saturated carbocycles. The van der Waals surface area contributed by atoms with Gasteiger partial charge in [-0.3, -0.25) is 9.59 Å². The third kappa shape index (κ3) is 4.31. The zero-order valence-electron chi connectivity index (χ0n) is 19.5. The fourth-order valence-electron chi connectivity index (χ4n) is 4.21. The standard InChI is InChI=1S/C26H32O6/c1-6-7-11-22(26(2,3)25(28)29)32-23-19(13-15-21(30-4)24(23)31-5)16-9-8-10-18-17(16)12-14-20(18)27/h8-10,13,15,22H,6-7,11-12,14H2,1-5H3,(H,28,29). The number of fused-ring (bicyclic) bond motifs is 1. The van der Waals surface area contributed by atoms with E-state index in [1.54, 1.807) is 27.0 Å². The van der Waals surface area contributed by atoms with Gasteiger partial charge in [0.05, 0.1) is 19.6 Å². The van der Waals surface area contributed by atoms with E-state index in [1.807, 2.05) is 24.3 Å². The summed E-state index contributed by atoms with van der Waals surface area (Å²) in [6.07, 6.45) is 2.91. The van der Waals surface area contributed by atoms with Crippen LogP contribution in [-0.2, 0) is 11.2 Å². The second kappa shape index (κ2) is 9.63. The van der Waals surface area contributed by atoms with Crippen molar-refractivity contribution in [2.75, 3.05) is 14.2 Å². The Labute approximate surface area is 189 Å². The fourth-order valence-corrected chi connectivity index (χ4v) is 4.21. The van der Waals surface area contributed by atoms with Gasteiger partial charge in [-0.1, -0.05) is 38.0 Å². The van der Waals surface area contributed by atoms with Gasteiger partial charge >= 0.3 is 5.97 Å². The Kier molecular flexibility index (Phi) is 7.12. The van der Waals surface area contributed by atoms with E-state index < -0.39 is 17.5 Å². The van der Waals surface area contributed by atoms with Crippen LogP contribution >= 0.6 is 0 Å². The van der Waals surface area contributed by atoms with Gasteiger partial charge in [-0.2, -0.15) is 0 Å². The number of Topliss-reactive ketones (excluding diaryl/α,β-unsaturated/α-hetero) is 1. The molecular weight excluding hydrogens is 408 g/mol. The van der Waals surface area contributed by atoms with E-state index in [0.717, 1.165) is 35.1 Å². The molecule has 1 atom stereocenters. The van der Waals surface area contributed by atoms with Gasteiger partial charge in [0.1, 0.15) is 6.10 Å². The maximum atomic E-state index is 12.3. The van der Waals surface area contributed by atoms with E-state index in [-0.39, 0.29) is 5.78 Å². The number of benzene rings is 2. The summed E-state index contributed by atoms with van der Waals surface area (Å²) in [5.74, 6) is 0.563. The molecule has 1 aliphatic rings. The Hall–Kier alpha value is -3.02. The normalized spacial score (nSPS) is 14.1. The molecule has 6 heteroatoms. The van der Waals surface area contributed by atoms with E-state index in [0.29, 0.717) is 36.5 Å². The highest BCUT2D eigenvalue weighted by Gasteiger charge is 2.39. The predicted octanol–water partition coefficient (Wildman–Crippen LogP) is 5.55. The number of carbonyl (C=O) groups excluding carboxylic acids is 1. The number of carbonyl (C=O) groups is 2. The van der Waals surface area contributed by atoms with E-state index >= 15 is 0 Å². The highest BCUT2D eigenvalue weighted by atomic mass is 16.5. The van der Waals surface area contributed by atoms with Gasteiger partial charge in [-0.05, 0) is 49.9 Å². The first kappa shape index (κ1) is 23.6. The lowest BCUT2D eigenvalue weighted by atomic mass is 9.83. The Bertz CT molecular complexity index is 1010. The summed E-state index contributed by atoms with van der Waals surface area (Å²) in [7, 11) is 3.09. The van der Waals surface area contributed by atoms with Crippen LogP contribution in [0, 0.1) is 5.41 Å². The molecule has 0 amide bonds. The molecule has 32 heavy (non-hydrogen) atoms. The topological polar surface area (TPSA) is 82.1 Å². The van der Waals surface area contributed by atoms with Crippen LogP contribution in [0.2, 0.25) is 0 Å². The van der Waals surface area contributed by atoms with E-state index in [1.165, 1.54) is 7.11 Å². The monoisotopic (exact) mass is 440 g/mol. The number of rotatable bonds is 10. The van der Waals surface area contributed by atoms with Crippen molar-refractivity contribution in [2.24, 2.45) is 5.41 Å². The van der Waals surface area contributed by atoms with Gasteiger partial charge in [-0.15, -0.1) is 0 Å². The number of ketones is 1. The molecule has 0 heterocycles. The summed E-state index contributed by atoms with van der Waals surface area (Å²) in [5.41, 5.74) is 2.26. The third-order valence-electron chi connectivity index (χ3n) is 6.30. The Balaban J connectivity index is 2.20. The van der Waals surface area contributed by atoms with Crippen LogP contribution in [-0.4, -0.2) is 37.2 Å². The minimum Gasteiger partial charge on any atom is -0.493 e. The van der Waals surface area contributed by atoms with Crippen LogP contribution < -0.4 is 14.2 Å². The van der Waals surface area contributed by atoms with Crippen LogP contribution in [0.15, 0.2) is 30.3 Å². The first-order chi connectivity index (χ1) is 15.3.